The average molecular weight is 480 g/mol. The number of aromatic nitrogens is 6. The van der Waals surface area contributed by atoms with Crippen molar-refractivity contribution in [2.75, 3.05) is 26.3 Å². The van der Waals surface area contributed by atoms with Crippen LogP contribution >= 0.6 is 22.7 Å². The van der Waals surface area contributed by atoms with Gasteiger partial charge < -0.3 is 4.74 Å². The van der Waals surface area contributed by atoms with E-state index in [4.69, 9.17) is 14.7 Å². The Morgan fingerprint density at radius 3 is 2.79 bits per heavy atom. The summed E-state index contributed by atoms with van der Waals surface area (Å²) < 4.78 is 19.2. The van der Waals surface area contributed by atoms with Gasteiger partial charge in [-0.15, -0.1) is 37.7 Å². The summed E-state index contributed by atoms with van der Waals surface area (Å²) in [6, 6.07) is 10.3. The lowest BCUT2D eigenvalue weighted by atomic mass is 10.2. The first-order valence-corrected chi connectivity index (χ1v) is 12.2. The molecule has 1 saturated heterocycles. The third-order valence-electron chi connectivity index (χ3n) is 5.40. The number of hydrogen-bond acceptors (Lipinski definition) is 9. The van der Waals surface area contributed by atoms with Crippen molar-refractivity contribution < 1.29 is 9.13 Å². The summed E-state index contributed by atoms with van der Waals surface area (Å²) in [4.78, 5) is 15.4. The first kappa shape index (κ1) is 20.5. The summed E-state index contributed by atoms with van der Waals surface area (Å²) in [7, 11) is 0. The molecule has 0 unspecified atom stereocenters. The molecule has 4 aromatic heterocycles. The maximum Gasteiger partial charge on any atom is 0.205 e. The Kier molecular flexibility index (Phi) is 5.38. The normalized spacial score (nSPS) is 14.8. The summed E-state index contributed by atoms with van der Waals surface area (Å²) in [5.74, 6) is 1.26. The topological polar surface area (TPSA) is 81.9 Å². The molecule has 0 saturated carbocycles. The quantitative estimate of drug-likeness (QED) is 0.376. The molecule has 1 fully saturated rings. The van der Waals surface area contributed by atoms with Gasteiger partial charge in [-0.25, -0.2) is 14.4 Å². The Balaban J connectivity index is 1.47. The monoisotopic (exact) mass is 479 g/mol. The molecule has 0 aliphatic carbocycles. The molecule has 0 N–H and O–H groups in total. The van der Waals surface area contributed by atoms with Gasteiger partial charge in [-0.3, -0.25) is 4.90 Å². The second-order valence-corrected chi connectivity index (χ2v) is 9.38. The Labute approximate surface area is 196 Å². The highest BCUT2D eigenvalue weighted by Gasteiger charge is 2.21. The van der Waals surface area contributed by atoms with E-state index in [0.29, 0.717) is 42.8 Å². The Bertz CT molecular complexity index is 1410. The maximum atomic E-state index is 13.7. The van der Waals surface area contributed by atoms with Crippen LogP contribution in [0.25, 0.3) is 37.9 Å². The summed E-state index contributed by atoms with van der Waals surface area (Å²) in [6.07, 6.45) is 0. The van der Waals surface area contributed by atoms with Crippen LogP contribution in [0.3, 0.4) is 0 Å². The first-order valence-electron chi connectivity index (χ1n) is 10.4. The number of benzene rings is 1. The minimum atomic E-state index is -0.348. The molecule has 1 aromatic carbocycles. The van der Waals surface area contributed by atoms with E-state index in [1.807, 2.05) is 11.4 Å². The zero-order valence-corrected chi connectivity index (χ0v) is 19.0. The Hall–Kier alpha value is -3.12. The average Bonchev–Trinajstić information content (AvgIpc) is 3.59. The third kappa shape index (κ3) is 4.04. The van der Waals surface area contributed by atoms with Crippen molar-refractivity contribution >= 4 is 32.9 Å². The van der Waals surface area contributed by atoms with E-state index in [9.17, 15) is 4.39 Å². The van der Waals surface area contributed by atoms with Gasteiger partial charge in [0.05, 0.1) is 25.1 Å². The number of halogens is 1. The van der Waals surface area contributed by atoms with E-state index >= 15 is 0 Å². The SMILES string of the molecule is Fc1cccc(-c2nnn(-c3nc(CN4CCOCC4)nc4scc(-c5cccs5)c34)n2)c1. The predicted molar refractivity (Wildman–Crippen MR) is 125 cm³/mol. The van der Waals surface area contributed by atoms with Crippen LogP contribution in [0.5, 0.6) is 0 Å². The number of hydrogen-bond donors (Lipinski definition) is 0. The second kappa shape index (κ2) is 8.67. The molecular formula is C22H18FN7OS2. The molecule has 0 bridgehead atoms. The van der Waals surface area contributed by atoms with E-state index in [1.54, 1.807) is 34.8 Å². The van der Waals surface area contributed by atoms with Crippen LogP contribution in [0.4, 0.5) is 4.39 Å². The Morgan fingerprint density at radius 2 is 1.97 bits per heavy atom. The van der Waals surface area contributed by atoms with Crippen molar-refractivity contribution in [3.8, 4) is 27.6 Å². The van der Waals surface area contributed by atoms with Gasteiger partial charge in [0, 0.05) is 34.5 Å². The minimum Gasteiger partial charge on any atom is -0.379 e. The van der Waals surface area contributed by atoms with Gasteiger partial charge in [0.2, 0.25) is 5.82 Å². The van der Waals surface area contributed by atoms with Crippen molar-refractivity contribution in [2.45, 2.75) is 6.54 Å². The standard InChI is InChI=1S/C22H18FN7OS2/c23-15-4-1-3-14(11-15)20-26-28-30(27-20)21-19-16(17-5-2-10-32-17)13-33-22(19)25-18(24-21)12-29-6-8-31-9-7-29/h1-5,10-11,13H,6-9,12H2. The summed E-state index contributed by atoms with van der Waals surface area (Å²) >= 11 is 3.23. The molecule has 0 spiro atoms. The third-order valence-corrected chi connectivity index (χ3v) is 7.18. The lowest BCUT2D eigenvalue weighted by molar-refractivity contribution is 0.0331. The van der Waals surface area contributed by atoms with Crippen molar-refractivity contribution in [1.82, 2.24) is 35.1 Å². The molecule has 0 atom stereocenters. The molecule has 0 amide bonds. The van der Waals surface area contributed by atoms with Crippen LogP contribution in [-0.2, 0) is 11.3 Å². The van der Waals surface area contributed by atoms with E-state index in [1.165, 1.54) is 16.9 Å². The molecule has 33 heavy (non-hydrogen) atoms. The zero-order chi connectivity index (χ0) is 22.2. The van der Waals surface area contributed by atoms with Gasteiger partial charge in [-0.2, -0.15) is 0 Å². The fraction of sp³-hybridized carbons (Fsp3) is 0.227. The molecule has 166 valence electrons. The maximum absolute atomic E-state index is 13.7. The lowest BCUT2D eigenvalue weighted by Gasteiger charge is -2.25. The van der Waals surface area contributed by atoms with E-state index in [0.717, 1.165) is 33.7 Å². The van der Waals surface area contributed by atoms with Crippen molar-refractivity contribution in [2.24, 2.45) is 0 Å². The van der Waals surface area contributed by atoms with Gasteiger partial charge >= 0.3 is 0 Å². The number of thiophene rings is 2. The number of ether oxygens (including phenoxy) is 1. The molecule has 1 aliphatic rings. The van der Waals surface area contributed by atoms with Crippen LogP contribution < -0.4 is 0 Å². The van der Waals surface area contributed by atoms with Crippen molar-refractivity contribution in [3.05, 3.63) is 58.8 Å². The number of tetrazole rings is 1. The van der Waals surface area contributed by atoms with Crippen LogP contribution in [-0.4, -0.2) is 61.4 Å². The smallest absolute Gasteiger partial charge is 0.205 e. The number of nitrogens with zero attached hydrogens (tertiary/aromatic N) is 7. The predicted octanol–water partition coefficient (Wildman–Crippen LogP) is 4.03. The van der Waals surface area contributed by atoms with Gasteiger partial charge in [-0.05, 0) is 28.8 Å². The Morgan fingerprint density at radius 1 is 1.06 bits per heavy atom. The molecule has 11 heteroatoms. The number of fused-ring (bicyclic) bond motifs is 1. The number of morpholine rings is 1. The summed E-state index contributed by atoms with van der Waals surface area (Å²) in [5, 5.41) is 18.0. The lowest BCUT2D eigenvalue weighted by Crippen LogP contribution is -2.36. The highest BCUT2D eigenvalue weighted by molar-refractivity contribution is 7.18. The van der Waals surface area contributed by atoms with Crippen LogP contribution in [0.2, 0.25) is 0 Å². The zero-order valence-electron chi connectivity index (χ0n) is 17.4. The van der Waals surface area contributed by atoms with Gasteiger partial charge in [-0.1, -0.05) is 18.2 Å². The molecule has 8 nitrogen and oxygen atoms in total. The molecule has 5 heterocycles. The highest BCUT2D eigenvalue weighted by atomic mass is 32.1. The molecule has 1 aliphatic heterocycles. The molecular weight excluding hydrogens is 461 g/mol. The molecule has 6 rings (SSSR count). The minimum absolute atomic E-state index is 0.337. The van der Waals surface area contributed by atoms with Crippen LogP contribution in [0, 0.1) is 5.82 Å². The van der Waals surface area contributed by atoms with Crippen molar-refractivity contribution in [1.29, 1.82) is 0 Å². The van der Waals surface area contributed by atoms with Gasteiger partial charge in [0.25, 0.3) is 0 Å². The van der Waals surface area contributed by atoms with E-state index in [-0.39, 0.29) is 5.82 Å². The second-order valence-electron chi connectivity index (χ2n) is 7.57. The first-order chi connectivity index (χ1) is 16.2. The van der Waals surface area contributed by atoms with Gasteiger partial charge in [0.15, 0.2) is 5.82 Å². The fourth-order valence-electron chi connectivity index (χ4n) is 3.80. The summed E-state index contributed by atoms with van der Waals surface area (Å²) in [5.41, 5.74) is 1.60. The molecule has 5 aromatic rings. The van der Waals surface area contributed by atoms with E-state index < -0.39 is 0 Å². The molecule has 0 radical (unpaired) electrons. The highest BCUT2D eigenvalue weighted by Crippen LogP contribution is 2.38. The van der Waals surface area contributed by atoms with Crippen LogP contribution in [0.1, 0.15) is 5.82 Å². The fourth-order valence-corrected chi connectivity index (χ4v) is 5.58. The van der Waals surface area contributed by atoms with Gasteiger partial charge in [0.1, 0.15) is 16.5 Å². The van der Waals surface area contributed by atoms with Crippen LogP contribution in [0.15, 0.2) is 47.2 Å². The van der Waals surface area contributed by atoms with E-state index in [2.05, 4.69) is 31.8 Å². The number of rotatable bonds is 5. The largest absolute Gasteiger partial charge is 0.379 e. The summed E-state index contributed by atoms with van der Waals surface area (Å²) in [6.45, 7) is 3.71. The van der Waals surface area contributed by atoms with Crippen molar-refractivity contribution in [3.63, 3.8) is 0 Å².